The molecule has 0 unspecified atom stereocenters. The van der Waals surface area contributed by atoms with Gasteiger partial charge in [0, 0.05) is 27.6 Å². The molecule has 2 nitrogen and oxygen atoms in total. The van der Waals surface area contributed by atoms with Crippen LogP contribution in [0, 0.1) is 0 Å². The lowest BCUT2D eigenvalue weighted by molar-refractivity contribution is 0.436. The molecule has 10 aromatic rings. The fourth-order valence-corrected chi connectivity index (χ4v) is 10.1. The summed E-state index contributed by atoms with van der Waals surface area (Å²) in [6, 6.07) is 85.9. The lowest BCUT2D eigenvalue weighted by Gasteiger charge is -2.39. The van der Waals surface area contributed by atoms with Gasteiger partial charge in [-0.2, -0.15) is 0 Å². The number of hydrogen-bond donors (Lipinski definition) is 0. The third-order valence-electron chi connectivity index (χ3n) is 12.8. The Kier molecular flexibility index (Phi) is 8.11. The van der Waals surface area contributed by atoms with E-state index in [9.17, 15) is 0 Å². The molecule has 0 radical (unpaired) electrons. The highest BCUT2D eigenvalue weighted by molar-refractivity contribution is 6.03. The highest BCUT2D eigenvalue weighted by Crippen LogP contribution is 2.62. The molecule has 0 amide bonds. The van der Waals surface area contributed by atoms with Gasteiger partial charge in [0.1, 0.15) is 11.5 Å². The molecule has 61 heavy (non-hydrogen) atoms. The molecule has 0 saturated heterocycles. The maximum absolute atomic E-state index is 6.84. The lowest BCUT2D eigenvalue weighted by atomic mass is 9.66. The monoisotopic (exact) mass is 777 g/mol. The van der Waals surface area contributed by atoms with Crippen molar-refractivity contribution in [3.8, 4) is 56.0 Å². The maximum Gasteiger partial charge on any atom is 0.132 e. The van der Waals surface area contributed by atoms with Crippen molar-refractivity contribution < 1.29 is 4.74 Å². The molecule has 1 aliphatic heterocycles. The minimum absolute atomic E-state index is 0.559. The van der Waals surface area contributed by atoms with Crippen molar-refractivity contribution in [2.24, 2.45) is 0 Å². The third kappa shape index (κ3) is 5.43. The summed E-state index contributed by atoms with van der Waals surface area (Å²) in [5.41, 5.74) is 17.1. The van der Waals surface area contributed by atoms with Crippen molar-refractivity contribution in [1.29, 1.82) is 0 Å². The molecule has 0 saturated carbocycles. The summed E-state index contributed by atoms with van der Waals surface area (Å²) in [6.45, 7) is 0. The third-order valence-corrected chi connectivity index (χ3v) is 12.8. The average molecular weight is 778 g/mol. The summed E-state index contributed by atoms with van der Waals surface area (Å²) in [5.74, 6) is 1.77. The number of ether oxygens (including phenoxy) is 1. The van der Waals surface area contributed by atoms with E-state index in [4.69, 9.17) is 4.74 Å². The molecule has 0 atom stereocenters. The van der Waals surface area contributed by atoms with Crippen LogP contribution in [0.3, 0.4) is 0 Å². The molecular weight excluding hydrogens is 739 g/mol. The van der Waals surface area contributed by atoms with Gasteiger partial charge in [-0.15, -0.1) is 0 Å². The number of benzene rings is 10. The normalized spacial score (nSPS) is 12.9. The van der Waals surface area contributed by atoms with Crippen LogP contribution in [-0.4, -0.2) is 0 Å². The van der Waals surface area contributed by atoms with E-state index >= 15 is 0 Å². The van der Waals surface area contributed by atoms with Crippen LogP contribution in [0.2, 0.25) is 0 Å². The fourth-order valence-electron chi connectivity index (χ4n) is 10.1. The zero-order valence-corrected chi connectivity index (χ0v) is 33.4. The van der Waals surface area contributed by atoms with E-state index in [-0.39, 0.29) is 0 Å². The quantitative estimate of drug-likeness (QED) is 0.167. The van der Waals surface area contributed by atoms with Crippen LogP contribution in [0.1, 0.15) is 22.3 Å². The summed E-state index contributed by atoms with van der Waals surface area (Å²) >= 11 is 0. The van der Waals surface area contributed by atoms with Gasteiger partial charge in [-0.25, -0.2) is 0 Å². The number of rotatable bonds is 6. The maximum atomic E-state index is 6.84. The van der Waals surface area contributed by atoms with Crippen molar-refractivity contribution in [2.45, 2.75) is 5.41 Å². The minimum atomic E-state index is -0.559. The fraction of sp³-hybridized carbons (Fsp3) is 0.0169. The van der Waals surface area contributed by atoms with E-state index in [0.29, 0.717) is 0 Å². The van der Waals surface area contributed by atoms with Crippen LogP contribution in [0.5, 0.6) is 11.5 Å². The predicted molar refractivity (Wildman–Crippen MR) is 252 cm³/mol. The van der Waals surface area contributed by atoms with Gasteiger partial charge in [-0.05, 0) is 86.3 Å². The van der Waals surface area contributed by atoms with E-state index in [1.165, 1.54) is 44.2 Å². The van der Waals surface area contributed by atoms with Crippen molar-refractivity contribution >= 4 is 27.8 Å². The van der Waals surface area contributed by atoms with Gasteiger partial charge in [0.05, 0.1) is 22.5 Å². The Balaban J connectivity index is 1.09. The van der Waals surface area contributed by atoms with Crippen LogP contribution in [0.4, 0.5) is 17.1 Å². The summed E-state index contributed by atoms with van der Waals surface area (Å²) in [7, 11) is 0. The second-order valence-corrected chi connectivity index (χ2v) is 16.0. The Morgan fingerprint density at radius 3 is 1.49 bits per heavy atom. The van der Waals surface area contributed by atoms with Gasteiger partial charge in [-0.1, -0.05) is 200 Å². The lowest BCUT2D eigenvalue weighted by Crippen LogP contribution is -2.32. The molecule has 1 aliphatic carbocycles. The molecule has 0 bridgehead atoms. The van der Waals surface area contributed by atoms with Crippen LogP contribution in [-0.2, 0) is 5.41 Å². The van der Waals surface area contributed by atoms with Crippen LogP contribution < -0.4 is 9.64 Å². The Morgan fingerprint density at radius 2 is 0.770 bits per heavy atom. The van der Waals surface area contributed by atoms with Gasteiger partial charge < -0.3 is 9.64 Å². The molecule has 12 rings (SSSR count). The van der Waals surface area contributed by atoms with Gasteiger partial charge in [0.2, 0.25) is 0 Å². The molecule has 286 valence electrons. The largest absolute Gasteiger partial charge is 0.457 e. The highest BCUT2D eigenvalue weighted by atomic mass is 16.5. The first-order valence-corrected chi connectivity index (χ1v) is 21.0. The summed E-state index contributed by atoms with van der Waals surface area (Å²) in [4.78, 5) is 2.47. The molecular formula is C59H39NO. The first kappa shape index (κ1) is 35.0. The van der Waals surface area contributed by atoms with Crippen molar-refractivity contribution in [1.82, 2.24) is 0 Å². The highest BCUT2D eigenvalue weighted by Gasteiger charge is 2.51. The molecule has 0 aromatic heterocycles. The van der Waals surface area contributed by atoms with Gasteiger partial charge in [0.25, 0.3) is 0 Å². The van der Waals surface area contributed by atoms with E-state index in [2.05, 4.69) is 241 Å². The van der Waals surface area contributed by atoms with Crippen LogP contribution in [0.25, 0.3) is 55.3 Å². The average Bonchev–Trinajstić information content (AvgIpc) is 3.63. The number of anilines is 3. The van der Waals surface area contributed by atoms with Crippen LogP contribution in [0.15, 0.2) is 237 Å². The second-order valence-electron chi connectivity index (χ2n) is 16.0. The summed E-state index contributed by atoms with van der Waals surface area (Å²) in [5, 5.41) is 2.37. The minimum Gasteiger partial charge on any atom is -0.457 e. The van der Waals surface area contributed by atoms with E-state index in [1.807, 2.05) is 0 Å². The molecule has 1 spiro atoms. The smallest absolute Gasteiger partial charge is 0.132 e. The standard InChI is InChI=1S/C59H39NO/c1-2-17-40(18-3-1)41-33-35-43(36-34-41)46-22-8-13-29-54(46)60(56-31-16-20-42-19-4-5-21-45(42)56)55-30-14-9-23-47(55)44-37-38-58-53(39-44)59(52-28-12-15-32-57(52)61-58)50-26-10-6-24-48(50)49-25-7-11-27-51(49)59/h1-39H. The topological polar surface area (TPSA) is 12.5 Å². The number of nitrogens with zero attached hydrogens (tertiary/aromatic N) is 1. The van der Waals surface area contributed by atoms with Crippen molar-refractivity contribution in [2.75, 3.05) is 4.90 Å². The Hall–Kier alpha value is -7.94. The van der Waals surface area contributed by atoms with Crippen molar-refractivity contribution in [3.63, 3.8) is 0 Å². The first-order chi connectivity index (χ1) is 30.3. The van der Waals surface area contributed by atoms with E-state index in [0.717, 1.165) is 61.9 Å². The van der Waals surface area contributed by atoms with E-state index in [1.54, 1.807) is 0 Å². The number of hydrogen-bond acceptors (Lipinski definition) is 2. The molecule has 1 heterocycles. The molecule has 2 heteroatoms. The summed E-state index contributed by atoms with van der Waals surface area (Å²) < 4.78 is 6.84. The van der Waals surface area contributed by atoms with Crippen molar-refractivity contribution in [3.05, 3.63) is 259 Å². The Labute approximate surface area is 356 Å². The molecule has 0 N–H and O–H groups in total. The van der Waals surface area contributed by atoms with Crippen LogP contribution >= 0.6 is 0 Å². The first-order valence-electron chi connectivity index (χ1n) is 21.0. The SMILES string of the molecule is c1ccc(-c2ccc(-c3ccccc3N(c3ccccc3-c3ccc4c(c3)C3(c5ccccc5O4)c4ccccc4-c4ccccc43)c3cccc4ccccc34)cc2)cc1. The Morgan fingerprint density at radius 1 is 0.295 bits per heavy atom. The molecule has 0 fully saturated rings. The molecule has 2 aliphatic rings. The Bertz CT molecular complexity index is 3240. The van der Waals surface area contributed by atoms with Gasteiger partial charge in [-0.3, -0.25) is 0 Å². The van der Waals surface area contributed by atoms with Gasteiger partial charge in [0.15, 0.2) is 0 Å². The molecule has 10 aromatic carbocycles. The number of fused-ring (bicyclic) bond motifs is 10. The summed E-state index contributed by atoms with van der Waals surface area (Å²) in [6.07, 6.45) is 0. The second kappa shape index (κ2) is 14.1. The zero-order valence-electron chi connectivity index (χ0n) is 33.4. The van der Waals surface area contributed by atoms with Gasteiger partial charge >= 0.3 is 0 Å². The predicted octanol–water partition coefficient (Wildman–Crippen LogP) is 15.8. The zero-order chi connectivity index (χ0) is 40.3. The van der Waals surface area contributed by atoms with E-state index < -0.39 is 5.41 Å². The number of para-hydroxylation sites is 3.